The topological polar surface area (TPSA) is 130 Å². The van der Waals surface area contributed by atoms with E-state index in [1.54, 1.807) is 48.2 Å². The van der Waals surface area contributed by atoms with Gasteiger partial charge in [-0.15, -0.1) is 6.58 Å². The average Bonchev–Trinajstić information content (AvgIpc) is 3.19. The number of aliphatic hydroxyl groups excluding tert-OH is 2. The van der Waals surface area contributed by atoms with E-state index >= 15 is 0 Å². The van der Waals surface area contributed by atoms with Gasteiger partial charge in [0.25, 0.3) is 0 Å². The number of unbranched alkanes of at least 4 members (excludes halogenated alkanes) is 2. The van der Waals surface area contributed by atoms with Crippen molar-refractivity contribution >= 4 is 11.8 Å². The minimum absolute atomic E-state index is 0.00790. The van der Waals surface area contributed by atoms with Crippen molar-refractivity contribution in [3.05, 3.63) is 120 Å². The number of allylic oxidation sites excluding steroid dienone is 1. The first-order valence-electron chi connectivity index (χ1n) is 19.4. The first-order chi connectivity index (χ1) is 26.8. The van der Waals surface area contributed by atoms with Gasteiger partial charge in [0.2, 0.25) is 5.79 Å². The van der Waals surface area contributed by atoms with Crippen LogP contribution in [-0.2, 0) is 27.5 Å². The number of aromatic hydroxyl groups is 1. The number of carbonyl (C=O) groups excluding carboxylic acids is 1. The second-order valence-electron chi connectivity index (χ2n) is 14.5. The highest BCUT2D eigenvalue weighted by molar-refractivity contribution is 6.03. The number of aliphatic hydroxyl groups is 2. The number of hydrogen-bond donors (Lipinski definition) is 3. The smallest absolute Gasteiger partial charge is 0.410 e. The molecule has 10 nitrogen and oxygen atoms in total. The normalized spacial score (nSPS) is 24.5. The van der Waals surface area contributed by atoms with E-state index in [0.717, 1.165) is 42.4 Å². The average molecular weight is 757 g/mol. The third kappa shape index (κ3) is 8.90. The predicted molar refractivity (Wildman–Crippen MR) is 207 cm³/mol. The number of ether oxygens (including phenoxy) is 3. The lowest BCUT2D eigenvalue weighted by Gasteiger charge is -2.59. The Labute approximate surface area is 322 Å². The fourth-order valence-corrected chi connectivity index (χ4v) is 8.71. The third-order valence-electron chi connectivity index (χ3n) is 11.1. The fraction of sp³-hybridized carbons (Fsp3) is 0.455. The molecule has 3 aromatic rings. The first kappa shape index (κ1) is 40.0. The number of nitrogens with zero attached hydrogens (tertiary/aromatic N) is 2. The van der Waals surface area contributed by atoms with Crippen LogP contribution in [0.1, 0.15) is 74.5 Å². The number of oxime groups is 1. The number of rotatable bonds is 18. The highest BCUT2D eigenvalue weighted by Gasteiger charge is 2.65. The van der Waals surface area contributed by atoms with Crippen LogP contribution in [0.2, 0.25) is 0 Å². The first-order valence-corrected chi connectivity index (χ1v) is 19.4. The number of amides is 1. The van der Waals surface area contributed by atoms with Crippen molar-refractivity contribution < 1.29 is 43.6 Å². The molecule has 6 rings (SSSR count). The van der Waals surface area contributed by atoms with Crippen molar-refractivity contribution in [2.45, 2.75) is 82.8 Å². The molecule has 3 aromatic carbocycles. The van der Waals surface area contributed by atoms with E-state index in [1.807, 2.05) is 30.3 Å². The Morgan fingerprint density at radius 3 is 2.47 bits per heavy atom. The minimum Gasteiger partial charge on any atom is -0.508 e. The van der Waals surface area contributed by atoms with Crippen molar-refractivity contribution in [3.8, 4) is 11.5 Å². The Balaban J connectivity index is 1.58. The van der Waals surface area contributed by atoms with Crippen molar-refractivity contribution in [1.29, 1.82) is 0 Å². The van der Waals surface area contributed by atoms with Gasteiger partial charge in [-0.1, -0.05) is 72.6 Å². The van der Waals surface area contributed by atoms with E-state index in [9.17, 15) is 24.5 Å². The molecule has 11 heteroatoms. The van der Waals surface area contributed by atoms with Gasteiger partial charge in [-0.05, 0) is 91.5 Å². The molecule has 0 saturated heterocycles. The quantitative estimate of drug-likeness (QED) is 0.0676. The number of hydrogen-bond acceptors (Lipinski definition) is 9. The highest BCUT2D eigenvalue weighted by atomic mass is 19.1. The van der Waals surface area contributed by atoms with Crippen molar-refractivity contribution in [3.63, 3.8) is 0 Å². The molecule has 1 saturated carbocycles. The summed E-state index contributed by atoms with van der Waals surface area (Å²) in [5.41, 5.74) is 3.96. The van der Waals surface area contributed by atoms with E-state index in [2.05, 4.69) is 12.7 Å². The maximum absolute atomic E-state index is 14.2. The van der Waals surface area contributed by atoms with Crippen LogP contribution in [0, 0.1) is 23.6 Å². The van der Waals surface area contributed by atoms with Gasteiger partial charge in [-0.25, -0.2) is 9.18 Å². The molecule has 0 bridgehead atoms. The third-order valence-corrected chi connectivity index (χ3v) is 11.1. The molecule has 3 aliphatic rings. The molecule has 6 unspecified atom stereocenters. The molecule has 55 heavy (non-hydrogen) atoms. The van der Waals surface area contributed by atoms with Gasteiger partial charge < -0.3 is 34.4 Å². The van der Waals surface area contributed by atoms with Gasteiger partial charge in [0.05, 0.1) is 24.8 Å². The van der Waals surface area contributed by atoms with Crippen molar-refractivity contribution in [1.82, 2.24) is 4.90 Å². The monoisotopic (exact) mass is 756 g/mol. The van der Waals surface area contributed by atoms with E-state index in [0.29, 0.717) is 29.9 Å². The molecule has 1 fully saturated rings. The van der Waals surface area contributed by atoms with Gasteiger partial charge in [0, 0.05) is 37.7 Å². The van der Waals surface area contributed by atoms with Crippen molar-refractivity contribution in [2.75, 3.05) is 26.4 Å². The SMILES string of the molecule is C=CCOC12Oc3ccc(O)cc3C3C(CCCCO)C(CCCCO)C=C(C(=NOCc4ccccc4)CC1N(Cc1ccc(F)cc1)C(=O)OCC)C32. The molecule has 0 radical (unpaired) electrons. The zero-order chi connectivity index (χ0) is 38.8. The molecular weight excluding hydrogens is 703 g/mol. The molecular formula is C44H53FN2O8. The summed E-state index contributed by atoms with van der Waals surface area (Å²) >= 11 is 0. The van der Waals surface area contributed by atoms with Gasteiger partial charge in [-0.2, -0.15) is 0 Å². The minimum atomic E-state index is -1.49. The number of phenols is 1. The summed E-state index contributed by atoms with van der Waals surface area (Å²) in [4.78, 5) is 21.9. The second-order valence-corrected chi connectivity index (χ2v) is 14.5. The lowest BCUT2D eigenvalue weighted by Crippen LogP contribution is -2.70. The van der Waals surface area contributed by atoms with Crippen LogP contribution in [0.15, 0.2) is 102 Å². The second kappa shape index (κ2) is 18.8. The number of fused-ring (bicyclic) bond motifs is 2. The van der Waals surface area contributed by atoms with Gasteiger partial charge in [0.15, 0.2) is 0 Å². The number of halogens is 1. The summed E-state index contributed by atoms with van der Waals surface area (Å²) in [5, 5.41) is 35.4. The Hall–Kier alpha value is -4.71. The summed E-state index contributed by atoms with van der Waals surface area (Å²) in [7, 11) is 0. The van der Waals surface area contributed by atoms with E-state index in [4.69, 9.17) is 24.2 Å². The van der Waals surface area contributed by atoms with Crippen LogP contribution in [0.5, 0.6) is 11.5 Å². The molecule has 1 heterocycles. The molecule has 0 aromatic heterocycles. The molecule has 294 valence electrons. The summed E-state index contributed by atoms with van der Waals surface area (Å²) in [6, 6.07) is 20.0. The number of carbonyl (C=O) groups is 1. The summed E-state index contributed by atoms with van der Waals surface area (Å²) < 4.78 is 33.9. The van der Waals surface area contributed by atoms with Crippen LogP contribution in [0.3, 0.4) is 0 Å². The zero-order valence-corrected chi connectivity index (χ0v) is 31.5. The lowest BCUT2D eigenvalue weighted by atomic mass is 9.55. The van der Waals surface area contributed by atoms with Crippen LogP contribution in [0.4, 0.5) is 9.18 Å². The van der Waals surface area contributed by atoms with Crippen LogP contribution < -0.4 is 4.74 Å². The number of phenolic OH excluding ortho intramolecular Hbond substituents is 1. The summed E-state index contributed by atoms with van der Waals surface area (Å²) in [6.45, 7) is 6.37. The molecule has 0 spiro atoms. The molecule has 2 aliphatic carbocycles. The highest BCUT2D eigenvalue weighted by Crippen LogP contribution is 2.62. The maximum atomic E-state index is 14.2. The van der Waals surface area contributed by atoms with E-state index in [1.165, 1.54) is 12.1 Å². The summed E-state index contributed by atoms with van der Waals surface area (Å²) in [6.07, 6.45) is 7.92. The van der Waals surface area contributed by atoms with Crippen LogP contribution >= 0.6 is 0 Å². The Morgan fingerprint density at radius 1 is 1.02 bits per heavy atom. The van der Waals surface area contributed by atoms with Crippen LogP contribution in [-0.4, -0.2) is 70.3 Å². The Morgan fingerprint density at radius 2 is 1.76 bits per heavy atom. The number of benzene rings is 3. The van der Waals surface area contributed by atoms with Crippen LogP contribution in [0.25, 0.3) is 0 Å². The van der Waals surface area contributed by atoms with E-state index < -0.39 is 29.7 Å². The maximum Gasteiger partial charge on any atom is 0.410 e. The van der Waals surface area contributed by atoms with Gasteiger partial charge in [0.1, 0.15) is 30.0 Å². The lowest BCUT2D eigenvalue weighted by molar-refractivity contribution is -0.256. The van der Waals surface area contributed by atoms with E-state index in [-0.39, 0.29) is 69.5 Å². The largest absolute Gasteiger partial charge is 0.508 e. The van der Waals surface area contributed by atoms with Gasteiger partial charge >= 0.3 is 6.09 Å². The predicted octanol–water partition coefficient (Wildman–Crippen LogP) is 8.02. The summed E-state index contributed by atoms with van der Waals surface area (Å²) in [5.74, 6) is -2.03. The van der Waals surface area contributed by atoms with Crippen molar-refractivity contribution in [2.24, 2.45) is 22.9 Å². The van der Waals surface area contributed by atoms with Gasteiger partial charge in [-0.3, -0.25) is 4.90 Å². The molecule has 3 N–H and O–H groups in total. The molecule has 1 amide bonds. The zero-order valence-electron chi connectivity index (χ0n) is 31.5. The standard InChI is InChI=1S/C44H53FN2O8/c1-3-24-53-44-40(47(43(51)52-4-2)28-30-16-18-33(45)19-17-30)27-38(46-54-29-31-12-6-5-7-13-31)36-25-32(14-8-10-22-48)35(15-9-11-23-49)41(42(36)44)37-26-34(50)20-21-39(37)55-44/h3,5-7,12-13,16-21,25-26,32,35,40-42,48-50H,1,4,8-11,14-15,22-24,27-29H2,2H3. The fourth-order valence-electron chi connectivity index (χ4n) is 8.71. The Kier molecular flexibility index (Phi) is 13.6. The Bertz CT molecular complexity index is 1800. The molecule has 6 atom stereocenters. The molecule has 1 aliphatic heterocycles.